The smallest absolute Gasteiger partial charge is 0.262 e. The minimum absolute atomic E-state index is 0.0922. The van der Waals surface area contributed by atoms with Crippen molar-refractivity contribution in [1.29, 1.82) is 0 Å². The van der Waals surface area contributed by atoms with Crippen molar-refractivity contribution in [2.24, 2.45) is 0 Å². The zero-order chi connectivity index (χ0) is 21.8. The van der Waals surface area contributed by atoms with Gasteiger partial charge >= 0.3 is 0 Å². The van der Waals surface area contributed by atoms with Gasteiger partial charge < -0.3 is 19.9 Å². The van der Waals surface area contributed by atoms with Crippen LogP contribution in [0.1, 0.15) is 6.92 Å². The number of benzene rings is 3. The molecule has 4 rings (SSSR count). The number of ether oxygens (including phenoxy) is 1. The molecule has 1 saturated heterocycles. The van der Waals surface area contributed by atoms with Gasteiger partial charge in [-0.2, -0.15) is 0 Å². The molecule has 0 unspecified atom stereocenters. The molecule has 3 aromatic carbocycles. The second kappa shape index (κ2) is 9.27. The number of carbonyl (C=O) groups is 2. The number of hydrogen-bond acceptors (Lipinski definition) is 4. The van der Waals surface area contributed by atoms with Crippen molar-refractivity contribution in [2.75, 3.05) is 43.0 Å². The summed E-state index contributed by atoms with van der Waals surface area (Å²) in [5, 5.41) is 5.42. The van der Waals surface area contributed by atoms with E-state index in [2.05, 4.69) is 10.2 Å². The van der Waals surface area contributed by atoms with Gasteiger partial charge in [-0.3, -0.25) is 9.59 Å². The molecule has 1 aliphatic rings. The maximum absolute atomic E-state index is 12.4. The molecule has 3 aromatic rings. The highest BCUT2D eigenvalue weighted by atomic mass is 35.5. The lowest BCUT2D eigenvalue weighted by Gasteiger charge is -2.36. The first-order chi connectivity index (χ1) is 15.0. The normalized spacial score (nSPS) is 13.9. The third-order valence-electron chi connectivity index (χ3n) is 5.41. The summed E-state index contributed by atoms with van der Waals surface area (Å²) in [6, 6.07) is 19.1. The topological polar surface area (TPSA) is 61.9 Å². The fourth-order valence-corrected chi connectivity index (χ4v) is 4.07. The van der Waals surface area contributed by atoms with Crippen molar-refractivity contribution >= 4 is 45.6 Å². The lowest BCUT2D eigenvalue weighted by Crippen LogP contribution is -2.48. The van der Waals surface area contributed by atoms with Crippen LogP contribution in [-0.4, -0.2) is 49.5 Å². The highest BCUT2D eigenvalue weighted by Gasteiger charge is 2.20. The Kier molecular flexibility index (Phi) is 6.28. The van der Waals surface area contributed by atoms with Crippen LogP contribution in [0.4, 0.5) is 11.4 Å². The molecule has 31 heavy (non-hydrogen) atoms. The SMILES string of the molecule is CC(=O)N1CCN(c2ccc(NC(=O)COc3cccc4ccccc34)cc2Cl)CC1. The molecule has 0 spiro atoms. The number of rotatable bonds is 5. The van der Waals surface area contributed by atoms with Crippen molar-refractivity contribution < 1.29 is 14.3 Å². The molecular formula is C24H24ClN3O3. The van der Waals surface area contributed by atoms with Gasteiger partial charge in [0, 0.05) is 44.2 Å². The van der Waals surface area contributed by atoms with E-state index in [-0.39, 0.29) is 18.4 Å². The van der Waals surface area contributed by atoms with Gasteiger partial charge in [0.1, 0.15) is 5.75 Å². The number of hydrogen-bond donors (Lipinski definition) is 1. The molecule has 1 aliphatic heterocycles. The van der Waals surface area contributed by atoms with Crippen LogP contribution in [-0.2, 0) is 9.59 Å². The van der Waals surface area contributed by atoms with Crippen molar-refractivity contribution in [3.63, 3.8) is 0 Å². The predicted molar refractivity (Wildman–Crippen MR) is 124 cm³/mol. The first kappa shape index (κ1) is 21.0. The maximum Gasteiger partial charge on any atom is 0.262 e. The average Bonchev–Trinajstić information content (AvgIpc) is 2.78. The van der Waals surface area contributed by atoms with Gasteiger partial charge in [-0.15, -0.1) is 0 Å². The van der Waals surface area contributed by atoms with Gasteiger partial charge in [0.2, 0.25) is 5.91 Å². The van der Waals surface area contributed by atoms with Gasteiger partial charge in [0.15, 0.2) is 6.61 Å². The zero-order valence-electron chi connectivity index (χ0n) is 17.3. The van der Waals surface area contributed by atoms with Crippen LogP contribution in [0.3, 0.4) is 0 Å². The molecule has 160 valence electrons. The molecule has 1 fully saturated rings. The Morgan fingerprint density at radius 2 is 1.74 bits per heavy atom. The summed E-state index contributed by atoms with van der Waals surface area (Å²) < 4.78 is 5.75. The molecule has 1 heterocycles. The van der Waals surface area contributed by atoms with E-state index in [1.54, 1.807) is 13.0 Å². The highest BCUT2D eigenvalue weighted by Crippen LogP contribution is 2.30. The molecule has 0 bridgehead atoms. The van der Waals surface area contributed by atoms with Crippen LogP contribution in [0.25, 0.3) is 10.8 Å². The fraction of sp³-hybridized carbons (Fsp3) is 0.250. The van der Waals surface area contributed by atoms with E-state index in [1.165, 1.54) is 0 Å². The number of carbonyl (C=O) groups excluding carboxylic acids is 2. The fourth-order valence-electron chi connectivity index (χ4n) is 3.77. The number of halogens is 1. The summed E-state index contributed by atoms with van der Waals surface area (Å²) in [7, 11) is 0. The highest BCUT2D eigenvalue weighted by molar-refractivity contribution is 6.33. The monoisotopic (exact) mass is 437 g/mol. The van der Waals surface area contributed by atoms with Crippen molar-refractivity contribution in [3.8, 4) is 5.75 Å². The predicted octanol–water partition coefficient (Wildman–Crippen LogP) is 4.18. The largest absolute Gasteiger partial charge is 0.483 e. The van der Waals surface area contributed by atoms with E-state index in [0.29, 0.717) is 29.5 Å². The summed E-state index contributed by atoms with van der Waals surface area (Å²) in [6.45, 7) is 4.30. The lowest BCUT2D eigenvalue weighted by atomic mass is 10.1. The van der Waals surface area contributed by atoms with Gasteiger partial charge in [-0.25, -0.2) is 0 Å². The number of amides is 2. The van der Waals surface area contributed by atoms with Crippen LogP contribution >= 0.6 is 11.6 Å². The van der Waals surface area contributed by atoms with Crippen molar-refractivity contribution in [3.05, 3.63) is 65.7 Å². The Morgan fingerprint density at radius 3 is 2.48 bits per heavy atom. The average molecular weight is 438 g/mol. The molecule has 7 heteroatoms. The molecule has 0 radical (unpaired) electrons. The van der Waals surface area contributed by atoms with Crippen LogP contribution < -0.4 is 15.0 Å². The Bertz CT molecular complexity index is 1100. The molecule has 2 amide bonds. The number of nitrogens with one attached hydrogen (secondary N) is 1. The van der Waals surface area contributed by atoms with Crippen LogP contribution in [0.15, 0.2) is 60.7 Å². The Balaban J connectivity index is 1.35. The van der Waals surface area contributed by atoms with Gasteiger partial charge in [-0.1, -0.05) is 48.0 Å². The number of anilines is 2. The summed E-state index contributed by atoms with van der Waals surface area (Å²) in [5.74, 6) is 0.507. The first-order valence-corrected chi connectivity index (χ1v) is 10.6. The van der Waals surface area contributed by atoms with Gasteiger partial charge in [0.05, 0.1) is 10.7 Å². The Morgan fingerprint density at radius 1 is 1.00 bits per heavy atom. The van der Waals surface area contributed by atoms with Crippen LogP contribution in [0.2, 0.25) is 5.02 Å². The molecule has 0 atom stereocenters. The molecule has 6 nitrogen and oxygen atoms in total. The second-order valence-corrected chi connectivity index (χ2v) is 7.88. The molecule has 0 saturated carbocycles. The van der Waals surface area contributed by atoms with E-state index in [1.807, 2.05) is 59.5 Å². The van der Waals surface area contributed by atoms with Gasteiger partial charge in [0.25, 0.3) is 5.91 Å². The Hall–Kier alpha value is -3.25. The first-order valence-electron chi connectivity index (χ1n) is 10.2. The standard InChI is InChI=1S/C24H24ClN3O3/c1-17(29)27-11-13-28(14-12-27)22-10-9-19(15-21(22)25)26-24(30)16-31-23-8-4-6-18-5-2-3-7-20(18)23/h2-10,15H,11-14,16H2,1H3,(H,26,30). The van der Waals surface area contributed by atoms with E-state index >= 15 is 0 Å². The second-order valence-electron chi connectivity index (χ2n) is 7.47. The van der Waals surface area contributed by atoms with E-state index in [0.717, 1.165) is 29.5 Å². The third kappa shape index (κ3) is 4.91. The number of piperazine rings is 1. The maximum atomic E-state index is 12.4. The summed E-state index contributed by atoms with van der Waals surface area (Å²) in [4.78, 5) is 27.9. The molecule has 0 aromatic heterocycles. The zero-order valence-corrected chi connectivity index (χ0v) is 18.1. The van der Waals surface area contributed by atoms with Gasteiger partial charge in [-0.05, 0) is 29.7 Å². The molecular weight excluding hydrogens is 414 g/mol. The molecule has 0 aliphatic carbocycles. The number of fused-ring (bicyclic) bond motifs is 1. The van der Waals surface area contributed by atoms with Crippen molar-refractivity contribution in [2.45, 2.75) is 6.92 Å². The summed E-state index contributed by atoms with van der Waals surface area (Å²) >= 11 is 6.48. The minimum Gasteiger partial charge on any atom is -0.483 e. The van der Waals surface area contributed by atoms with Crippen LogP contribution in [0.5, 0.6) is 5.75 Å². The molecule has 1 N–H and O–H groups in total. The quantitative estimate of drug-likeness (QED) is 0.650. The van der Waals surface area contributed by atoms with E-state index < -0.39 is 0 Å². The van der Waals surface area contributed by atoms with Crippen LogP contribution in [0, 0.1) is 0 Å². The summed E-state index contributed by atoms with van der Waals surface area (Å²) in [6.07, 6.45) is 0. The summed E-state index contributed by atoms with van der Waals surface area (Å²) in [5.41, 5.74) is 1.51. The lowest BCUT2D eigenvalue weighted by molar-refractivity contribution is -0.129. The Labute approximate surface area is 186 Å². The number of nitrogens with zero attached hydrogens (tertiary/aromatic N) is 2. The van der Waals surface area contributed by atoms with E-state index in [9.17, 15) is 9.59 Å². The van der Waals surface area contributed by atoms with E-state index in [4.69, 9.17) is 16.3 Å². The minimum atomic E-state index is -0.258. The van der Waals surface area contributed by atoms with Crippen molar-refractivity contribution in [1.82, 2.24) is 4.90 Å². The third-order valence-corrected chi connectivity index (χ3v) is 5.71.